The van der Waals surface area contributed by atoms with Gasteiger partial charge in [0.15, 0.2) is 5.13 Å². The summed E-state index contributed by atoms with van der Waals surface area (Å²) in [4.78, 5) is 22.2. The van der Waals surface area contributed by atoms with Gasteiger partial charge in [0.1, 0.15) is 5.69 Å². The third-order valence-corrected chi connectivity index (χ3v) is 6.46. The molecule has 7 nitrogen and oxygen atoms in total. The van der Waals surface area contributed by atoms with Gasteiger partial charge in [0, 0.05) is 29.8 Å². The highest BCUT2D eigenvalue weighted by Gasteiger charge is 2.26. The molecule has 0 saturated carbocycles. The van der Waals surface area contributed by atoms with Crippen LogP contribution in [0, 0.1) is 0 Å². The molecule has 1 aliphatic rings. The molecule has 3 heterocycles. The predicted octanol–water partition coefficient (Wildman–Crippen LogP) is 2.26. The Hall–Kier alpha value is -2.36. The standard InChI is InChI=1S/C17H16N4O3S2/c1-26(23,24)21-9-8-13-15(10-21)25-17(19-13)20-16(22)14-7-6-11-4-2-3-5-12(11)18-14/h2-7H,8-10H2,1H3,(H,19,20,22). The molecule has 0 saturated heterocycles. The number of carbonyl (C=O) groups is 1. The second-order valence-corrected chi connectivity index (χ2v) is 9.14. The lowest BCUT2D eigenvalue weighted by Crippen LogP contribution is -2.34. The Morgan fingerprint density at radius 3 is 2.81 bits per heavy atom. The summed E-state index contributed by atoms with van der Waals surface area (Å²) < 4.78 is 24.8. The summed E-state index contributed by atoms with van der Waals surface area (Å²) in [5, 5.41) is 4.20. The molecular weight excluding hydrogens is 372 g/mol. The molecule has 9 heteroatoms. The van der Waals surface area contributed by atoms with Crippen molar-refractivity contribution in [1.82, 2.24) is 14.3 Å². The smallest absolute Gasteiger partial charge is 0.276 e. The summed E-state index contributed by atoms with van der Waals surface area (Å²) in [6.07, 6.45) is 1.75. The second-order valence-electron chi connectivity index (χ2n) is 6.08. The average Bonchev–Trinajstić information content (AvgIpc) is 3.01. The maximum Gasteiger partial charge on any atom is 0.276 e. The van der Waals surface area contributed by atoms with E-state index < -0.39 is 10.0 Å². The Labute approximate surface area is 154 Å². The van der Waals surface area contributed by atoms with Crippen molar-refractivity contribution in [2.24, 2.45) is 0 Å². The number of thiazole rings is 1. The van der Waals surface area contributed by atoms with E-state index in [0.29, 0.717) is 30.3 Å². The summed E-state index contributed by atoms with van der Waals surface area (Å²) in [7, 11) is -3.23. The number of anilines is 1. The third-order valence-electron chi connectivity index (χ3n) is 4.22. The molecule has 1 amide bonds. The van der Waals surface area contributed by atoms with Crippen LogP contribution in [0.25, 0.3) is 10.9 Å². The minimum atomic E-state index is -3.23. The van der Waals surface area contributed by atoms with Crippen LogP contribution in [0.1, 0.15) is 21.1 Å². The number of rotatable bonds is 3. The van der Waals surface area contributed by atoms with Crippen LogP contribution in [0.3, 0.4) is 0 Å². The molecule has 2 aromatic heterocycles. The number of aromatic nitrogens is 2. The number of pyridine rings is 1. The van der Waals surface area contributed by atoms with Gasteiger partial charge in [-0.05, 0) is 12.1 Å². The zero-order chi connectivity index (χ0) is 18.3. The Balaban J connectivity index is 1.54. The molecular formula is C17H16N4O3S2. The monoisotopic (exact) mass is 388 g/mol. The number of amides is 1. The molecule has 0 unspecified atom stereocenters. The van der Waals surface area contributed by atoms with Gasteiger partial charge < -0.3 is 0 Å². The fourth-order valence-electron chi connectivity index (χ4n) is 2.86. The Morgan fingerprint density at radius 1 is 1.19 bits per heavy atom. The van der Waals surface area contributed by atoms with Crippen LogP contribution in [-0.2, 0) is 23.0 Å². The minimum Gasteiger partial charge on any atom is -0.296 e. The van der Waals surface area contributed by atoms with Gasteiger partial charge >= 0.3 is 0 Å². The first-order valence-electron chi connectivity index (χ1n) is 8.01. The van der Waals surface area contributed by atoms with E-state index >= 15 is 0 Å². The lowest BCUT2D eigenvalue weighted by molar-refractivity contribution is 0.102. The van der Waals surface area contributed by atoms with E-state index in [-0.39, 0.29) is 5.91 Å². The number of para-hydroxylation sites is 1. The maximum atomic E-state index is 12.5. The van der Waals surface area contributed by atoms with E-state index in [1.54, 1.807) is 6.07 Å². The average molecular weight is 388 g/mol. The molecule has 1 aromatic carbocycles. The number of sulfonamides is 1. The summed E-state index contributed by atoms with van der Waals surface area (Å²) in [6.45, 7) is 0.713. The minimum absolute atomic E-state index is 0.302. The molecule has 26 heavy (non-hydrogen) atoms. The van der Waals surface area contributed by atoms with Gasteiger partial charge in [-0.25, -0.2) is 18.4 Å². The van der Waals surface area contributed by atoms with E-state index in [9.17, 15) is 13.2 Å². The number of hydrogen-bond donors (Lipinski definition) is 1. The van der Waals surface area contributed by atoms with Crippen LogP contribution < -0.4 is 5.32 Å². The molecule has 0 bridgehead atoms. The van der Waals surface area contributed by atoms with Gasteiger partial charge in [-0.1, -0.05) is 24.3 Å². The first-order chi connectivity index (χ1) is 12.4. The van der Waals surface area contributed by atoms with E-state index in [4.69, 9.17) is 0 Å². The van der Waals surface area contributed by atoms with Crippen LogP contribution in [0.15, 0.2) is 36.4 Å². The Kier molecular flexibility index (Phi) is 4.22. The maximum absolute atomic E-state index is 12.5. The Morgan fingerprint density at radius 2 is 2.00 bits per heavy atom. The van der Waals surface area contributed by atoms with Gasteiger partial charge in [-0.3, -0.25) is 10.1 Å². The number of benzene rings is 1. The van der Waals surface area contributed by atoms with Gasteiger partial charge in [0.05, 0.1) is 17.5 Å². The molecule has 1 aliphatic heterocycles. The van der Waals surface area contributed by atoms with Crippen molar-refractivity contribution < 1.29 is 13.2 Å². The van der Waals surface area contributed by atoms with E-state index in [1.165, 1.54) is 21.9 Å². The summed E-state index contributed by atoms with van der Waals surface area (Å²) in [5.41, 5.74) is 1.91. The van der Waals surface area contributed by atoms with Crippen molar-refractivity contribution in [3.63, 3.8) is 0 Å². The normalized spacial score (nSPS) is 15.0. The zero-order valence-corrected chi connectivity index (χ0v) is 15.6. The van der Waals surface area contributed by atoms with Crippen molar-refractivity contribution in [2.75, 3.05) is 18.1 Å². The molecule has 0 atom stereocenters. The van der Waals surface area contributed by atoms with Gasteiger partial charge in [-0.2, -0.15) is 4.31 Å². The molecule has 0 radical (unpaired) electrons. The summed E-state index contributed by atoms with van der Waals surface area (Å²) in [5.74, 6) is -0.332. The topological polar surface area (TPSA) is 92.3 Å². The Bertz CT molecular complexity index is 1110. The molecule has 134 valence electrons. The van der Waals surface area contributed by atoms with Gasteiger partial charge in [-0.15, -0.1) is 11.3 Å². The van der Waals surface area contributed by atoms with Crippen molar-refractivity contribution >= 4 is 43.3 Å². The SMILES string of the molecule is CS(=O)(=O)N1CCc2nc(NC(=O)c3ccc4ccccc4n3)sc2C1. The van der Waals surface area contributed by atoms with Crippen molar-refractivity contribution in [3.05, 3.63) is 52.7 Å². The summed E-state index contributed by atoms with van der Waals surface area (Å²) >= 11 is 1.30. The first kappa shape index (κ1) is 17.1. The number of hydrogen-bond acceptors (Lipinski definition) is 6. The van der Waals surface area contributed by atoms with Crippen molar-refractivity contribution in [2.45, 2.75) is 13.0 Å². The van der Waals surface area contributed by atoms with E-state index in [1.807, 2.05) is 30.3 Å². The molecule has 3 aromatic rings. The highest BCUT2D eigenvalue weighted by atomic mass is 32.2. The van der Waals surface area contributed by atoms with Crippen LogP contribution in [-0.4, -0.2) is 41.4 Å². The van der Waals surface area contributed by atoms with Crippen LogP contribution in [0.4, 0.5) is 5.13 Å². The molecule has 1 N–H and O–H groups in total. The summed E-state index contributed by atoms with van der Waals surface area (Å²) in [6, 6.07) is 11.1. The van der Waals surface area contributed by atoms with Crippen LogP contribution >= 0.6 is 11.3 Å². The van der Waals surface area contributed by atoms with Crippen molar-refractivity contribution in [3.8, 4) is 0 Å². The number of fused-ring (bicyclic) bond motifs is 2. The molecule has 4 rings (SSSR count). The number of nitrogens with zero attached hydrogens (tertiary/aromatic N) is 3. The van der Waals surface area contributed by atoms with Crippen LogP contribution in [0.5, 0.6) is 0 Å². The van der Waals surface area contributed by atoms with Crippen molar-refractivity contribution in [1.29, 1.82) is 0 Å². The quantitative estimate of drug-likeness (QED) is 0.743. The van der Waals surface area contributed by atoms with Crippen LogP contribution in [0.2, 0.25) is 0 Å². The molecule has 0 spiro atoms. The third kappa shape index (κ3) is 3.33. The largest absolute Gasteiger partial charge is 0.296 e. The number of carbonyl (C=O) groups excluding carboxylic acids is 1. The van der Waals surface area contributed by atoms with E-state index in [0.717, 1.165) is 21.5 Å². The highest BCUT2D eigenvalue weighted by Crippen LogP contribution is 2.29. The van der Waals surface area contributed by atoms with Gasteiger partial charge in [0.25, 0.3) is 5.91 Å². The fraction of sp³-hybridized carbons (Fsp3) is 0.235. The van der Waals surface area contributed by atoms with Gasteiger partial charge in [0.2, 0.25) is 10.0 Å². The highest BCUT2D eigenvalue weighted by molar-refractivity contribution is 7.88. The number of nitrogens with one attached hydrogen (secondary N) is 1. The zero-order valence-electron chi connectivity index (χ0n) is 14.0. The lowest BCUT2D eigenvalue weighted by atomic mass is 10.2. The van der Waals surface area contributed by atoms with E-state index in [2.05, 4.69) is 15.3 Å². The lowest BCUT2D eigenvalue weighted by Gasteiger charge is -2.23. The fourth-order valence-corrected chi connectivity index (χ4v) is 4.75. The second kappa shape index (κ2) is 6.42. The molecule has 0 aliphatic carbocycles. The first-order valence-corrected chi connectivity index (χ1v) is 10.7. The predicted molar refractivity (Wildman–Crippen MR) is 101 cm³/mol. The molecule has 0 fully saturated rings.